The Labute approximate surface area is 154 Å². The molecule has 1 fully saturated rings. The number of benzene rings is 1. The molecule has 1 unspecified atom stereocenters. The third-order valence-corrected chi connectivity index (χ3v) is 3.89. The maximum absolute atomic E-state index is 5.59. The highest BCUT2D eigenvalue weighted by Gasteiger charge is 2.15. The molecule has 1 aromatic rings. The zero-order valence-electron chi connectivity index (χ0n) is 13.3. The van der Waals surface area contributed by atoms with Crippen LogP contribution in [0.3, 0.4) is 0 Å². The second kappa shape index (κ2) is 9.17. The van der Waals surface area contributed by atoms with E-state index in [0.717, 1.165) is 56.4 Å². The van der Waals surface area contributed by atoms with Gasteiger partial charge in [0.25, 0.3) is 0 Å². The van der Waals surface area contributed by atoms with Gasteiger partial charge in [-0.2, -0.15) is 0 Å². The summed E-state index contributed by atoms with van der Waals surface area (Å²) in [4.78, 5) is 4.23. The van der Waals surface area contributed by atoms with Gasteiger partial charge in [0.05, 0.1) is 6.10 Å². The number of rotatable bonds is 5. The molecule has 2 aliphatic rings. The molecule has 2 N–H and O–H groups in total. The summed E-state index contributed by atoms with van der Waals surface area (Å²) in [6.45, 7) is 2.81. The van der Waals surface area contributed by atoms with Crippen molar-refractivity contribution >= 4 is 29.9 Å². The lowest BCUT2D eigenvalue weighted by atomic mass is 10.1. The zero-order chi connectivity index (χ0) is 15.2. The Morgan fingerprint density at radius 1 is 1.26 bits per heavy atom. The molecular formula is C16H24IN3O3. The number of hydrogen-bond donors (Lipinski definition) is 2. The highest BCUT2D eigenvalue weighted by atomic mass is 127. The fourth-order valence-corrected chi connectivity index (χ4v) is 2.66. The Kier molecular flexibility index (Phi) is 7.22. The molecule has 0 saturated carbocycles. The number of hydrogen-bond acceptors (Lipinski definition) is 4. The summed E-state index contributed by atoms with van der Waals surface area (Å²) in [6.07, 6.45) is 3.49. The molecule has 2 aliphatic heterocycles. The molecule has 0 radical (unpaired) electrons. The van der Waals surface area contributed by atoms with Gasteiger partial charge in [-0.3, -0.25) is 4.99 Å². The normalized spacial score (nSPS) is 19.3. The third-order valence-electron chi connectivity index (χ3n) is 3.89. The van der Waals surface area contributed by atoms with Crippen LogP contribution in [0.25, 0.3) is 0 Å². The van der Waals surface area contributed by atoms with E-state index >= 15 is 0 Å². The number of ether oxygens (including phenoxy) is 3. The molecule has 0 aliphatic carbocycles. The highest BCUT2D eigenvalue weighted by molar-refractivity contribution is 14.0. The minimum Gasteiger partial charge on any atom is -0.454 e. The van der Waals surface area contributed by atoms with Gasteiger partial charge in [-0.05, 0) is 37.0 Å². The van der Waals surface area contributed by atoms with Gasteiger partial charge < -0.3 is 24.8 Å². The first-order chi connectivity index (χ1) is 10.8. The molecule has 128 valence electrons. The number of fused-ring (bicyclic) bond motifs is 1. The smallest absolute Gasteiger partial charge is 0.231 e. The van der Waals surface area contributed by atoms with Crippen LogP contribution >= 0.6 is 24.0 Å². The Morgan fingerprint density at radius 2 is 2.13 bits per heavy atom. The van der Waals surface area contributed by atoms with E-state index in [1.54, 1.807) is 7.05 Å². The Hall–Kier alpha value is -1.22. The van der Waals surface area contributed by atoms with Crippen molar-refractivity contribution in [2.45, 2.75) is 25.4 Å². The van der Waals surface area contributed by atoms with Crippen molar-refractivity contribution < 1.29 is 14.2 Å². The van der Waals surface area contributed by atoms with E-state index in [-0.39, 0.29) is 24.0 Å². The lowest BCUT2D eigenvalue weighted by molar-refractivity contribution is 0.114. The van der Waals surface area contributed by atoms with Gasteiger partial charge in [0.2, 0.25) is 6.79 Å². The second-order valence-electron chi connectivity index (χ2n) is 5.45. The molecule has 0 spiro atoms. The van der Waals surface area contributed by atoms with E-state index in [9.17, 15) is 0 Å². The van der Waals surface area contributed by atoms with Crippen molar-refractivity contribution in [1.29, 1.82) is 0 Å². The quantitative estimate of drug-likeness (QED) is 0.422. The van der Waals surface area contributed by atoms with E-state index in [0.29, 0.717) is 12.9 Å². The predicted octanol–water partition coefficient (Wildman–Crippen LogP) is 1.92. The number of nitrogens with one attached hydrogen (secondary N) is 2. The Balaban J connectivity index is 0.00000192. The van der Waals surface area contributed by atoms with Crippen LogP contribution in [0.4, 0.5) is 0 Å². The molecule has 1 aromatic carbocycles. The second-order valence-corrected chi connectivity index (χ2v) is 5.45. The lowest BCUT2D eigenvalue weighted by Crippen LogP contribution is -2.41. The largest absolute Gasteiger partial charge is 0.454 e. The van der Waals surface area contributed by atoms with Crippen molar-refractivity contribution in [2.75, 3.05) is 33.5 Å². The summed E-state index contributed by atoms with van der Waals surface area (Å²) in [7, 11) is 1.78. The average Bonchev–Trinajstić information content (AvgIpc) is 3.21. The summed E-state index contributed by atoms with van der Waals surface area (Å²) in [5.74, 6) is 2.47. The van der Waals surface area contributed by atoms with Crippen molar-refractivity contribution in [3.8, 4) is 11.5 Å². The van der Waals surface area contributed by atoms with Crippen LogP contribution in [0.2, 0.25) is 0 Å². The maximum Gasteiger partial charge on any atom is 0.231 e. The Morgan fingerprint density at radius 3 is 2.91 bits per heavy atom. The fourth-order valence-electron chi connectivity index (χ4n) is 2.66. The SMILES string of the molecule is CN=C(NCCc1ccc2c(c1)OCO2)NCC1CCCO1.I. The van der Waals surface area contributed by atoms with Gasteiger partial charge in [0.1, 0.15) is 0 Å². The molecule has 0 aromatic heterocycles. The number of nitrogens with zero attached hydrogens (tertiary/aromatic N) is 1. The average molecular weight is 433 g/mol. The van der Waals surface area contributed by atoms with Crippen molar-refractivity contribution in [3.63, 3.8) is 0 Å². The van der Waals surface area contributed by atoms with Crippen molar-refractivity contribution in [3.05, 3.63) is 23.8 Å². The van der Waals surface area contributed by atoms with E-state index < -0.39 is 0 Å². The van der Waals surface area contributed by atoms with E-state index in [1.807, 2.05) is 12.1 Å². The summed E-state index contributed by atoms with van der Waals surface area (Å²) < 4.78 is 16.3. The van der Waals surface area contributed by atoms with Gasteiger partial charge in [-0.15, -0.1) is 24.0 Å². The monoisotopic (exact) mass is 433 g/mol. The van der Waals surface area contributed by atoms with Crippen LogP contribution in [-0.4, -0.2) is 45.6 Å². The lowest BCUT2D eigenvalue weighted by Gasteiger charge is -2.15. The predicted molar refractivity (Wildman–Crippen MR) is 100 cm³/mol. The summed E-state index contributed by atoms with van der Waals surface area (Å²) in [5, 5.41) is 6.63. The van der Waals surface area contributed by atoms with Gasteiger partial charge in [0, 0.05) is 26.7 Å². The minimum atomic E-state index is 0. The van der Waals surface area contributed by atoms with Crippen LogP contribution in [0.15, 0.2) is 23.2 Å². The first-order valence-corrected chi connectivity index (χ1v) is 7.80. The topological polar surface area (TPSA) is 64.1 Å². The highest BCUT2D eigenvalue weighted by Crippen LogP contribution is 2.32. The molecule has 2 heterocycles. The first kappa shape index (κ1) is 18.1. The standard InChI is InChI=1S/C16H23N3O3.HI/c1-17-16(19-10-13-3-2-8-20-13)18-7-6-12-4-5-14-15(9-12)22-11-21-14;/h4-5,9,13H,2-3,6-8,10-11H2,1H3,(H2,17,18,19);1H. The number of guanidine groups is 1. The third kappa shape index (κ3) is 5.13. The fraction of sp³-hybridized carbons (Fsp3) is 0.562. The van der Waals surface area contributed by atoms with Crippen molar-refractivity contribution in [1.82, 2.24) is 10.6 Å². The van der Waals surface area contributed by atoms with Crippen LogP contribution in [0.1, 0.15) is 18.4 Å². The molecule has 6 nitrogen and oxygen atoms in total. The van der Waals surface area contributed by atoms with Crippen LogP contribution in [-0.2, 0) is 11.2 Å². The Bertz CT molecular complexity index is 533. The van der Waals surface area contributed by atoms with E-state index in [1.165, 1.54) is 5.56 Å². The first-order valence-electron chi connectivity index (χ1n) is 7.80. The van der Waals surface area contributed by atoms with Gasteiger partial charge in [-0.25, -0.2) is 0 Å². The number of aliphatic imine (C=N–C) groups is 1. The summed E-state index contributed by atoms with van der Waals surface area (Å²) in [5.41, 5.74) is 1.21. The van der Waals surface area contributed by atoms with Crippen LogP contribution in [0, 0.1) is 0 Å². The summed E-state index contributed by atoms with van der Waals surface area (Å²) >= 11 is 0. The zero-order valence-corrected chi connectivity index (χ0v) is 15.7. The molecule has 1 saturated heterocycles. The summed E-state index contributed by atoms with van der Waals surface area (Å²) in [6, 6.07) is 6.06. The minimum absolute atomic E-state index is 0. The molecule has 1 atom stereocenters. The molecular weight excluding hydrogens is 409 g/mol. The van der Waals surface area contributed by atoms with Crippen molar-refractivity contribution in [2.24, 2.45) is 4.99 Å². The van der Waals surface area contributed by atoms with E-state index in [4.69, 9.17) is 14.2 Å². The molecule has 3 rings (SSSR count). The van der Waals surface area contributed by atoms with Crippen LogP contribution < -0.4 is 20.1 Å². The molecule has 7 heteroatoms. The van der Waals surface area contributed by atoms with Gasteiger partial charge >= 0.3 is 0 Å². The molecule has 23 heavy (non-hydrogen) atoms. The van der Waals surface area contributed by atoms with Crippen LogP contribution in [0.5, 0.6) is 11.5 Å². The molecule has 0 bridgehead atoms. The number of halogens is 1. The molecule has 0 amide bonds. The maximum atomic E-state index is 5.59. The van der Waals surface area contributed by atoms with Gasteiger partial charge in [0.15, 0.2) is 17.5 Å². The van der Waals surface area contributed by atoms with E-state index in [2.05, 4.69) is 21.7 Å². The van der Waals surface area contributed by atoms with Gasteiger partial charge in [-0.1, -0.05) is 6.07 Å².